The molecular weight excluding hydrogens is 865 g/mol. The van der Waals surface area contributed by atoms with Gasteiger partial charge in [-0.1, -0.05) is 97.2 Å². The molecule has 0 fully saturated rings. The van der Waals surface area contributed by atoms with Crippen molar-refractivity contribution < 1.29 is 4.74 Å². The Balaban J connectivity index is 1.00. The molecule has 0 radical (unpaired) electrons. The van der Waals surface area contributed by atoms with Gasteiger partial charge in [0.2, 0.25) is 0 Å². The molecule has 6 heterocycles. The fraction of sp³-hybridized carbons (Fsp3) is 0.0328. The zero-order valence-corrected chi connectivity index (χ0v) is 38.1. The van der Waals surface area contributed by atoms with E-state index in [-0.39, 0.29) is 0 Å². The van der Waals surface area contributed by atoms with Crippen molar-refractivity contribution >= 4 is 78.1 Å². The van der Waals surface area contributed by atoms with Gasteiger partial charge in [-0.05, 0) is 121 Å². The Kier molecular flexibility index (Phi) is 8.43. The summed E-state index contributed by atoms with van der Waals surface area (Å²) in [6.45, 7) is 6.57. The first-order valence-electron chi connectivity index (χ1n) is 23.0. The zero-order chi connectivity index (χ0) is 46.0. The maximum atomic E-state index is 10.2. The number of aromatic nitrogens is 4. The van der Waals surface area contributed by atoms with Crippen LogP contribution in [0, 0.1) is 11.3 Å². The molecule has 7 aromatic carbocycles. The van der Waals surface area contributed by atoms with Gasteiger partial charge >= 0.3 is 0 Å². The Hall–Kier alpha value is -8.90. The summed E-state index contributed by atoms with van der Waals surface area (Å²) in [6, 6.07) is 64.3. The summed E-state index contributed by atoms with van der Waals surface area (Å²) < 4.78 is 11.9. The monoisotopic (exact) mass is 902 g/mol. The number of rotatable bonds is 5. The summed E-state index contributed by atoms with van der Waals surface area (Å²) in [6.07, 6.45) is 7.77. The number of anilines is 3. The molecular formula is C61H38N6OS. The largest absolute Gasteiger partial charge is 0.457 e. The minimum Gasteiger partial charge on any atom is -0.457 e. The van der Waals surface area contributed by atoms with Crippen LogP contribution < -0.4 is 9.64 Å². The van der Waals surface area contributed by atoms with Gasteiger partial charge in [0.15, 0.2) is 0 Å². The third kappa shape index (κ3) is 5.45. The molecule has 14 rings (SSSR count). The molecule has 3 aliphatic rings. The first-order chi connectivity index (χ1) is 34.0. The van der Waals surface area contributed by atoms with Crippen LogP contribution >= 0.6 is 11.8 Å². The summed E-state index contributed by atoms with van der Waals surface area (Å²) in [5, 5.41) is 14.6. The second-order valence-corrected chi connectivity index (χ2v) is 18.8. The van der Waals surface area contributed by atoms with Gasteiger partial charge in [0.1, 0.15) is 11.5 Å². The fourth-order valence-corrected chi connectivity index (χ4v) is 12.5. The smallest absolute Gasteiger partial charge is 0.134 e. The number of pyridine rings is 2. The molecule has 0 N–H and O–H groups in total. The molecule has 0 atom stereocenters. The minimum atomic E-state index is -0.769. The number of nitriles is 1. The number of fused-ring (bicyclic) bond motifs is 15. The fourth-order valence-electron chi connectivity index (χ4n) is 11.4. The van der Waals surface area contributed by atoms with E-state index in [1.165, 1.54) is 20.6 Å². The molecule has 0 saturated heterocycles. The number of para-hydroxylation sites is 4. The van der Waals surface area contributed by atoms with Crippen molar-refractivity contribution in [2.45, 2.75) is 22.1 Å². The van der Waals surface area contributed by atoms with E-state index in [4.69, 9.17) is 14.7 Å². The van der Waals surface area contributed by atoms with E-state index in [0.29, 0.717) is 11.3 Å². The van der Waals surface area contributed by atoms with Crippen molar-refractivity contribution in [1.82, 2.24) is 19.1 Å². The molecule has 8 heteroatoms. The lowest BCUT2D eigenvalue weighted by Crippen LogP contribution is -2.34. The Morgan fingerprint density at radius 2 is 1.20 bits per heavy atom. The van der Waals surface area contributed by atoms with E-state index in [9.17, 15) is 5.26 Å². The number of hydrogen-bond acceptors (Lipinski definition) is 6. The van der Waals surface area contributed by atoms with Crippen molar-refractivity contribution in [2.75, 3.05) is 4.90 Å². The van der Waals surface area contributed by atoms with E-state index in [0.717, 1.165) is 101 Å². The molecule has 1 spiro atoms. The van der Waals surface area contributed by atoms with Crippen LogP contribution in [0.3, 0.4) is 0 Å². The van der Waals surface area contributed by atoms with Gasteiger partial charge in [0.05, 0.1) is 61.9 Å². The molecule has 1 aliphatic carbocycles. The number of benzene rings is 7. The lowest BCUT2D eigenvalue weighted by molar-refractivity contribution is 0.398. The van der Waals surface area contributed by atoms with Gasteiger partial charge in [-0.2, -0.15) is 5.26 Å². The third-order valence-corrected chi connectivity index (χ3v) is 15.5. The van der Waals surface area contributed by atoms with Gasteiger partial charge in [-0.15, -0.1) is 0 Å². The molecule has 324 valence electrons. The summed E-state index contributed by atoms with van der Waals surface area (Å²) in [5.74, 6) is 1.44. The van der Waals surface area contributed by atoms with Crippen molar-refractivity contribution in [2.24, 2.45) is 0 Å². The van der Waals surface area contributed by atoms with E-state index in [1.807, 2.05) is 42.7 Å². The molecule has 2 aliphatic heterocycles. The predicted octanol–water partition coefficient (Wildman–Crippen LogP) is 15.2. The SMILES string of the molecule is C=C/C(=C\C1=C(C)C2(c3ccc(-n4c5ccc(C#N)cc5c5cc(N6c7ccccc7Sc7ccccc76)ccc54)cc3O1)c1cccnc1-c1ncccc12)n1c2ccccc2c2ccccc21. The highest BCUT2D eigenvalue weighted by atomic mass is 32.2. The average molecular weight is 903 g/mol. The van der Waals surface area contributed by atoms with Crippen LogP contribution in [0.2, 0.25) is 0 Å². The quantitative estimate of drug-likeness (QED) is 0.160. The van der Waals surface area contributed by atoms with E-state index in [1.54, 1.807) is 11.8 Å². The second kappa shape index (κ2) is 14.8. The lowest BCUT2D eigenvalue weighted by atomic mass is 9.66. The van der Waals surface area contributed by atoms with Crippen LogP contribution in [-0.4, -0.2) is 19.1 Å². The molecule has 0 unspecified atom stereocenters. The van der Waals surface area contributed by atoms with Crippen molar-refractivity contribution in [3.8, 4) is 28.9 Å². The van der Waals surface area contributed by atoms with Crippen LogP contribution in [0.4, 0.5) is 17.1 Å². The predicted molar refractivity (Wildman–Crippen MR) is 279 cm³/mol. The van der Waals surface area contributed by atoms with E-state index >= 15 is 0 Å². The summed E-state index contributed by atoms with van der Waals surface area (Å²) in [4.78, 5) is 14.7. The maximum absolute atomic E-state index is 10.2. The molecule has 0 bridgehead atoms. The second-order valence-electron chi connectivity index (χ2n) is 17.7. The van der Waals surface area contributed by atoms with Crippen molar-refractivity contribution in [3.05, 3.63) is 241 Å². The minimum absolute atomic E-state index is 0.604. The summed E-state index contributed by atoms with van der Waals surface area (Å²) >= 11 is 1.79. The lowest BCUT2D eigenvalue weighted by Gasteiger charge is -2.39. The third-order valence-electron chi connectivity index (χ3n) is 14.3. The van der Waals surface area contributed by atoms with Crippen LogP contribution in [0.25, 0.3) is 66.4 Å². The topological polar surface area (TPSA) is 71.9 Å². The molecule has 11 aromatic rings. The molecule has 4 aromatic heterocycles. The molecule has 0 saturated carbocycles. The van der Waals surface area contributed by atoms with Crippen molar-refractivity contribution in [3.63, 3.8) is 0 Å². The van der Waals surface area contributed by atoms with Crippen LogP contribution in [0.1, 0.15) is 29.2 Å². The Bertz CT molecular complexity index is 4020. The van der Waals surface area contributed by atoms with E-state index < -0.39 is 5.41 Å². The summed E-state index contributed by atoms with van der Waals surface area (Å²) in [5.41, 5.74) is 15.0. The highest BCUT2D eigenvalue weighted by molar-refractivity contribution is 7.99. The Morgan fingerprint density at radius 3 is 1.86 bits per heavy atom. The summed E-state index contributed by atoms with van der Waals surface area (Å²) in [7, 11) is 0. The standard InChI is InChI=1S/C61H38N6OS/c1-3-39(65-49-18-6-4-14-42(49)43-15-5-7-19-50(43)65)34-55-37(2)61(47-16-12-30-63-59(47)60-48(61)17-13-31-64-60)46-27-25-41(35-56(46)68-55)66-51-28-24-38(36-62)32-44(51)45-33-40(26-29-52(45)66)67-53-20-8-10-22-57(53)69-58-23-11-9-21-54(58)67/h3-35H,1H2,2H3/b39-34+. The Labute approximate surface area is 401 Å². The highest BCUT2D eigenvalue weighted by Gasteiger charge is 2.52. The molecule has 7 nitrogen and oxygen atoms in total. The molecule has 0 amide bonds. The number of ether oxygens (including phenoxy) is 1. The number of allylic oxidation sites excluding steroid dienone is 4. The van der Waals surface area contributed by atoms with Gasteiger partial charge in [-0.25, -0.2) is 0 Å². The van der Waals surface area contributed by atoms with E-state index in [2.05, 4.69) is 191 Å². The van der Waals surface area contributed by atoms with Crippen LogP contribution in [-0.2, 0) is 5.41 Å². The van der Waals surface area contributed by atoms with Gasteiger partial charge in [0.25, 0.3) is 0 Å². The van der Waals surface area contributed by atoms with Gasteiger partial charge < -0.3 is 18.8 Å². The zero-order valence-electron chi connectivity index (χ0n) is 37.3. The first kappa shape index (κ1) is 39.3. The first-order valence-corrected chi connectivity index (χ1v) is 23.8. The van der Waals surface area contributed by atoms with Gasteiger partial charge in [0, 0.05) is 78.5 Å². The number of nitrogens with zero attached hydrogens (tertiary/aromatic N) is 6. The van der Waals surface area contributed by atoms with Crippen molar-refractivity contribution in [1.29, 1.82) is 5.26 Å². The van der Waals surface area contributed by atoms with Crippen LogP contribution in [0.15, 0.2) is 228 Å². The normalized spacial score (nSPS) is 14.4. The average Bonchev–Trinajstić information content (AvgIpc) is 4.02. The Morgan fingerprint density at radius 1 is 0.609 bits per heavy atom. The van der Waals surface area contributed by atoms with Crippen LogP contribution in [0.5, 0.6) is 5.75 Å². The number of hydrogen-bond donors (Lipinski definition) is 0. The molecule has 69 heavy (non-hydrogen) atoms. The maximum Gasteiger partial charge on any atom is 0.134 e. The van der Waals surface area contributed by atoms with Gasteiger partial charge in [-0.3, -0.25) is 9.97 Å². The highest BCUT2D eigenvalue weighted by Crippen LogP contribution is 2.60.